The summed E-state index contributed by atoms with van der Waals surface area (Å²) in [5.74, 6) is -0.604. The minimum Gasteiger partial charge on any atom is -0.292 e. The van der Waals surface area contributed by atoms with E-state index in [1.165, 1.54) is 0 Å². The predicted molar refractivity (Wildman–Crippen MR) is 73.0 cm³/mol. The second kappa shape index (κ2) is 5.42. The Bertz CT molecular complexity index is 533. The lowest BCUT2D eigenvalue weighted by molar-refractivity contribution is -0.124. The number of nitrogens with zero attached hydrogens (tertiary/aromatic N) is 1. The topological polar surface area (TPSA) is 54.5 Å². The Morgan fingerprint density at radius 2 is 2.17 bits per heavy atom. The molecular formula is C11H7BrClNO3S. The van der Waals surface area contributed by atoms with E-state index in [1.807, 2.05) is 0 Å². The maximum absolute atomic E-state index is 12.0. The van der Waals surface area contributed by atoms with Crippen LogP contribution in [0.3, 0.4) is 0 Å². The van der Waals surface area contributed by atoms with Gasteiger partial charge in [-0.25, -0.2) is 0 Å². The predicted octanol–water partition coefficient (Wildman–Crippen LogP) is 2.98. The van der Waals surface area contributed by atoms with Crippen LogP contribution in [0.4, 0.5) is 4.79 Å². The van der Waals surface area contributed by atoms with Gasteiger partial charge < -0.3 is 0 Å². The van der Waals surface area contributed by atoms with Crippen LogP contribution in [0, 0.1) is 0 Å². The molecule has 0 atom stereocenters. The Hall–Kier alpha value is -0.850. The van der Waals surface area contributed by atoms with Gasteiger partial charge in [-0.05, 0) is 28.1 Å². The summed E-state index contributed by atoms with van der Waals surface area (Å²) < 4.78 is 0.600. The Labute approximate surface area is 121 Å². The summed E-state index contributed by atoms with van der Waals surface area (Å²) in [6.07, 6.45) is 0. The van der Waals surface area contributed by atoms with E-state index in [4.69, 9.17) is 11.6 Å². The molecule has 1 saturated heterocycles. The van der Waals surface area contributed by atoms with Crippen LogP contribution in [0.5, 0.6) is 0 Å². The molecule has 1 aromatic carbocycles. The van der Waals surface area contributed by atoms with Gasteiger partial charge in [-0.1, -0.05) is 29.4 Å². The first kappa shape index (κ1) is 13.6. The SMILES string of the molecule is O=C(CN1C(=O)CSC1=O)c1cccc(Br)c1Cl. The van der Waals surface area contributed by atoms with Crippen molar-refractivity contribution in [3.05, 3.63) is 33.3 Å². The molecule has 18 heavy (non-hydrogen) atoms. The second-order valence-corrected chi connectivity index (χ2v) is 5.72. The molecule has 0 spiro atoms. The molecule has 1 fully saturated rings. The Morgan fingerprint density at radius 1 is 1.44 bits per heavy atom. The van der Waals surface area contributed by atoms with Crippen LogP contribution in [0.2, 0.25) is 5.02 Å². The zero-order chi connectivity index (χ0) is 13.3. The first-order valence-corrected chi connectivity index (χ1v) is 7.10. The van der Waals surface area contributed by atoms with Crippen LogP contribution in [0.25, 0.3) is 0 Å². The van der Waals surface area contributed by atoms with Gasteiger partial charge in [-0.2, -0.15) is 0 Å². The van der Waals surface area contributed by atoms with Crippen molar-refractivity contribution < 1.29 is 14.4 Å². The fourth-order valence-electron chi connectivity index (χ4n) is 1.48. The largest absolute Gasteiger partial charge is 0.292 e. The van der Waals surface area contributed by atoms with Crippen molar-refractivity contribution in [2.24, 2.45) is 0 Å². The van der Waals surface area contributed by atoms with Crippen molar-refractivity contribution in [2.45, 2.75) is 0 Å². The highest BCUT2D eigenvalue weighted by Gasteiger charge is 2.32. The van der Waals surface area contributed by atoms with E-state index in [-0.39, 0.29) is 34.2 Å². The third-order valence-electron chi connectivity index (χ3n) is 2.39. The van der Waals surface area contributed by atoms with E-state index in [0.717, 1.165) is 16.7 Å². The van der Waals surface area contributed by atoms with Gasteiger partial charge in [0.05, 0.1) is 17.3 Å². The van der Waals surface area contributed by atoms with Gasteiger partial charge in [0.15, 0.2) is 5.78 Å². The van der Waals surface area contributed by atoms with Crippen molar-refractivity contribution in [3.63, 3.8) is 0 Å². The van der Waals surface area contributed by atoms with Gasteiger partial charge >= 0.3 is 0 Å². The van der Waals surface area contributed by atoms with E-state index >= 15 is 0 Å². The van der Waals surface area contributed by atoms with Gasteiger partial charge in [-0.3, -0.25) is 19.3 Å². The number of carbonyl (C=O) groups is 3. The lowest BCUT2D eigenvalue weighted by Crippen LogP contribution is -2.34. The van der Waals surface area contributed by atoms with Crippen molar-refractivity contribution >= 4 is 56.2 Å². The highest BCUT2D eigenvalue weighted by atomic mass is 79.9. The van der Waals surface area contributed by atoms with E-state index in [1.54, 1.807) is 18.2 Å². The second-order valence-electron chi connectivity index (χ2n) is 3.56. The molecule has 2 rings (SSSR count). The minimum atomic E-state index is -0.389. The van der Waals surface area contributed by atoms with Crippen molar-refractivity contribution in [3.8, 4) is 0 Å². The molecule has 1 aliphatic heterocycles. The van der Waals surface area contributed by atoms with Crippen LogP contribution in [-0.2, 0) is 4.79 Å². The van der Waals surface area contributed by atoms with Gasteiger partial charge in [0, 0.05) is 10.0 Å². The third-order valence-corrected chi connectivity index (χ3v) is 4.55. The number of imide groups is 1. The van der Waals surface area contributed by atoms with Crippen LogP contribution >= 0.6 is 39.3 Å². The number of halogens is 2. The average molecular weight is 349 g/mol. The fourth-order valence-corrected chi connectivity index (χ4v) is 2.80. The fraction of sp³-hybridized carbons (Fsp3) is 0.182. The summed E-state index contributed by atoms with van der Waals surface area (Å²) >= 11 is 10.1. The quantitative estimate of drug-likeness (QED) is 0.788. The number of carbonyl (C=O) groups excluding carboxylic acids is 3. The van der Waals surface area contributed by atoms with Crippen molar-refractivity contribution in [2.75, 3.05) is 12.3 Å². The Balaban J connectivity index is 2.20. The average Bonchev–Trinajstić information content (AvgIpc) is 2.64. The number of hydrogen-bond acceptors (Lipinski definition) is 4. The summed E-state index contributed by atoms with van der Waals surface area (Å²) in [5.41, 5.74) is 0.295. The molecule has 7 heteroatoms. The molecule has 0 aromatic heterocycles. The number of benzene rings is 1. The molecule has 1 aromatic rings. The maximum Gasteiger partial charge on any atom is 0.289 e. The molecule has 4 nitrogen and oxygen atoms in total. The number of thioether (sulfide) groups is 1. The summed E-state index contributed by atoms with van der Waals surface area (Å²) in [6, 6.07) is 4.94. The number of Topliss-reactive ketones (excluding diaryl/α,β-unsaturated/α-hetero) is 1. The molecule has 0 N–H and O–H groups in total. The lowest BCUT2D eigenvalue weighted by Gasteiger charge is -2.12. The van der Waals surface area contributed by atoms with E-state index in [0.29, 0.717) is 10.0 Å². The van der Waals surface area contributed by atoms with Crippen LogP contribution in [0.15, 0.2) is 22.7 Å². The molecular weight excluding hydrogens is 342 g/mol. The zero-order valence-electron chi connectivity index (χ0n) is 8.98. The van der Waals surface area contributed by atoms with Crippen molar-refractivity contribution in [1.29, 1.82) is 0 Å². The van der Waals surface area contributed by atoms with E-state index in [9.17, 15) is 14.4 Å². The molecule has 0 unspecified atom stereocenters. The monoisotopic (exact) mass is 347 g/mol. The van der Waals surface area contributed by atoms with Gasteiger partial charge in [-0.15, -0.1) is 0 Å². The third kappa shape index (κ3) is 2.60. The Morgan fingerprint density at radius 3 is 2.78 bits per heavy atom. The maximum atomic E-state index is 12.0. The number of ketones is 1. The number of hydrogen-bond donors (Lipinski definition) is 0. The first-order chi connectivity index (χ1) is 8.50. The molecule has 0 radical (unpaired) electrons. The standard InChI is InChI=1S/C11H7BrClNO3S/c12-7-3-1-2-6(10(7)13)8(15)4-14-9(16)5-18-11(14)17/h1-3H,4-5H2. The lowest BCUT2D eigenvalue weighted by atomic mass is 10.1. The molecule has 1 aliphatic rings. The molecule has 0 bridgehead atoms. The van der Waals surface area contributed by atoms with Crippen LogP contribution < -0.4 is 0 Å². The number of rotatable bonds is 3. The number of amides is 2. The molecule has 0 saturated carbocycles. The molecule has 1 heterocycles. The minimum absolute atomic E-state index is 0.0956. The van der Waals surface area contributed by atoms with Crippen molar-refractivity contribution in [1.82, 2.24) is 4.90 Å². The van der Waals surface area contributed by atoms with Gasteiger partial charge in [0.2, 0.25) is 5.91 Å². The van der Waals surface area contributed by atoms with Crippen LogP contribution in [-0.4, -0.2) is 34.1 Å². The first-order valence-electron chi connectivity index (χ1n) is 4.95. The van der Waals surface area contributed by atoms with E-state index in [2.05, 4.69) is 15.9 Å². The summed E-state index contributed by atoms with van der Waals surface area (Å²) in [4.78, 5) is 35.7. The van der Waals surface area contributed by atoms with E-state index < -0.39 is 0 Å². The smallest absolute Gasteiger partial charge is 0.289 e. The summed E-state index contributed by atoms with van der Waals surface area (Å²) in [5, 5.41) is -0.103. The highest BCUT2D eigenvalue weighted by Crippen LogP contribution is 2.27. The molecule has 0 aliphatic carbocycles. The molecule has 94 valence electrons. The molecule has 2 amide bonds. The van der Waals surface area contributed by atoms with Crippen LogP contribution in [0.1, 0.15) is 10.4 Å². The van der Waals surface area contributed by atoms with Gasteiger partial charge in [0.1, 0.15) is 0 Å². The Kier molecular flexibility index (Phi) is 4.09. The summed E-state index contributed by atoms with van der Waals surface area (Å²) in [6.45, 7) is -0.263. The van der Waals surface area contributed by atoms with Gasteiger partial charge in [0.25, 0.3) is 5.24 Å². The zero-order valence-corrected chi connectivity index (χ0v) is 12.1. The normalized spacial score (nSPS) is 15.3. The highest BCUT2D eigenvalue weighted by molar-refractivity contribution is 9.10. The summed E-state index contributed by atoms with van der Waals surface area (Å²) in [7, 11) is 0.